The molecule has 3 N–H and O–H groups in total. The molecule has 0 spiro atoms. The fourth-order valence-corrected chi connectivity index (χ4v) is 3.82. The maximum atomic E-state index is 12.7. The van der Waals surface area contributed by atoms with Gasteiger partial charge in [0.05, 0.1) is 19.2 Å². The number of nitrogen functional groups attached to an aromatic ring is 1. The SMILES string of the molecule is Nc1cc(-c2cn[nH]c2C2CCCN(C(=O)CCOc3ccccc3)C2)ccn1. The number of nitrogens with zero attached hydrogens (tertiary/aromatic N) is 3. The number of nitrogens with one attached hydrogen (secondary N) is 1. The fraction of sp³-hybridized carbons (Fsp3) is 0.318. The molecular weight excluding hydrogens is 366 g/mol. The van der Waals surface area contributed by atoms with Gasteiger partial charge in [0, 0.05) is 36.5 Å². The first-order valence-electron chi connectivity index (χ1n) is 9.91. The van der Waals surface area contributed by atoms with E-state index in [1.54, 1.807) is 6.20 Å². The van der Waals surface area contributed by atoms with Crippen molar-refractivity contribution in [3.05, 3.63) is 60.6 Å². The summed E-state index contributed by atoms with van der Waals surface area (Å²) in [5.74, 6) is 1.61. The number of hydrogen-bond acceptors (Lipinski definition) is 5. The summed E-state index contributed by atoms with van der Waals surface area (Å²) >= 11 is 0. The minimum atomic E-state index is 0.125. The van der Waals surface area contributed by atoms with Crippen molar-refractivity contribution in [2.75, 3.05) is 25.4 Å². The van der Waals surface area contributed by atoms with E-state index in [0.717, 1.165) is 42.0 Å². The van der Waals surface area contributed by atoms with Gasteiger partial charge >= 0.3 is 0 Å². The smallest absolute Gasteiger partial charge is 0.226 e. The number of hydrogen-bond donors (Lipinski definition) is 2. The first-order valence-corrected chi connectivity index (χ1v) is 9.91. The number of nitrogens with two attached hydrogens (primary N) is 1. The van der Waals surface area contributed by atoms with Crippen molar-refractivity contribution in [2.24, 2.45) is 0 Å². The summed E-state index contributed by atoms with van der Waals surface area (Å²) < 4.78 is 5.67. The van der Waals surface area contributed by atoms with Gasteiger partial charge in [0.25, 0.3) is 0 Å². The molecule has 1 unspecified atom stereocenters. The molecule has 1 amide bonds. The Morgan fingerprint density at radius 1 is 1.28 bits per heavy atom. The van der Waals surface area contributed by atoms with Crippen LogP contribution in [0.4, 0.5) is 5.82 Å². The Morgan fingerprint density at radius 2 is 2.14 bits per heavy atom. The zero-order chi connectivity index (χ0) is 20.1. The molecule has 3 aromatic rings. The number of anilines is 1. The van der Waals surface area contributed by atoms with Crippen LogP contribution in [0, 0.1) is 0 Å². The van der Waals surface area contributed by atoms with E-state index in [0.29, 0.717) is 25.4 Å². The van der Waals surface area contributed by atoms with E-state index in [-0.39, 0.29) is 11.8 Å². The Bertz CT molecular complexity index is 957. The molecular formula is C22H25N5O2. The number of benzene rings is 1. The fourth-order valence-electron chi connectivity index (χ4n) is 3.82. The second-order valence-corrected chi connectivity index (χ2v) is 7.26. The number of H-pyrrole nitrogens is 1. The molecule has 0 saturated carbocycles. The van der Waals surface area contributed by atoms with Crippen molar-refractivity contribution in [3.63, 3.8) is 0 Å². The van der Waals surface area contributed by atoms with Gasteiger partial charge in [0.15, 0.2) is 0 Å². The van der Waals surface area contributed by atoms with Crippen molar-refractivity contribution in [1.29, 1.82) is 0 Å². The monoisotopic (exact) mass is 391 g/mol. The Balaban J connectivity index is 1.39. The third-order valence-corrected chi connectivity index (χ3v) is 5.27. The Labute approximate surface area is 169 Å². The molecule has 1 fully saturated rings. The lowest BCUT2D eigenvalue weighted by atomic mass is 9.90. The van der Waals surface area contributed by atoms with Gasteiger partial charge in [0.2, 0.25) is 5.91 Å². The highest BCUT2D eigenvalue weighted by molar-refractivity contribution is 5.76. The quantitative estimate of drug-likeness (QED) is 0.672. The van der Waals surface area contributed by atoms with Crippen LogP contribution in [0.5, 0.6) is 5.75 Å². The molecule has 7 heteroatoms. The van der Waals surface area contributed by atoms with E-state index >= 15 is 0 Å². The molecule has 1 atom stereocenters. The lowest BCUT2D eigenvalue weighted by Gasteiger charge is -2.33. The van der Waals surface area contributed by atoms with Crippen molar-refractivity contribution >= 4 is 11.7 Å². The van der Waals surface area contributed by atoms with Crippen LogP contribution >= 0.6 is 0 Å². The molecule has 3 heterocycles. The van der Waals surface area contributed by atoms with Crippen molar-refractivity contribution in [3.8, 4) is 16.9 Å². The molecule has 150 valence electrons. The highest BCUT2D eigenvalue weighted by Crippen LogP contribution is 2.33. The van der Waals surface area contributed by atoms with Gasteiger partial charge in [-0.05, 0) is 42.7 Å². The highest BCUT2D eigenvalue weighted by Gasteiger charge is 2.27. The van der Waals surface area contributed by atoms with Gasteiger partial charge in [0.1, 0.15) is 11.6 Å². The van der Waals surface area contributed by atoms with Crippen LogP contribution in [0.1, 0.15) is 30.9 Å². The van der Waals surface area contributed by atoms with Crippen LogP contribution in [-0.4, -0.2) is 45.7 Å². The van der Waals surface area contributed by atoms with E-state index < -0.39 is 0 Å². The van der Waals surface area contributed by atoms with Crippen molar-refractivity contribution in [2.45, 2.75) is 25.2 Å². The Hall–Kier alpha value is -3.35. The van der Waals surface area contributed by atoms with Gasteiger partial charge in [-0.3, -0.25) is 9.89 Å². The number of carbonyl (C=O) groups is 1. The van der Waals surface area contributed by atoms with Gasteiger partial charge in [-0.2, -0.15) is 5.10 Å². The first-order chi connectivity index (χ1) is 14.2. The largest absolute Gasteiger partial charge is 0.493 e. The summed E-state index contributed by atoms with van der Waals surface area (Å²) in [6, 6.07) is 13.4. The highest BCUT2D eigenvalue weighted by atomic mass is 16.5. The number of pyridine rings is 1. The Morgan fingerprint density at radius 3 is 2.97 bits per heavy atom. The molecule has 1 saturated heterocycles. The topological polar surface area (TPSA) is 97.1 Å². The number of carbonyl (C=O) groups excluding carboxylic acids is 1. The molecule has 4 rings (SSSR count). The Kier molecular flexibility index (Phi) is 5.74. The molecule has 1 aromatic carbocycles. The van der Waals surface area contributed by atoms with E-state index in [4.69, 9.17) is 10.5 Å². The maximum absolute atomic E-state index is 12.7. The summed E-state index contributed by atoms with van der Waals surface area (Å²) in [5, 5.41) is 7.39. The number of likely N-dealkylation sites (tertiary alicyclic amines) is 1. The number of para-hydroxylation sites is 1. The van der Waals surface area contributed by atoms with E-state index in [1.807, 2.05) is 53.6 Å². The number of rotatable bonds is 6. The average molecular weight is 391 g/mol. The summed E-state index contributed by atoms with van der Waals surface area (Å²) in [6.07, 6.45) is 5.87. The number of piperidine rings is 1. The number of aromatic nitrogens is 3. The normalized spacial score (nSPS) is 16.6. The molecule has 2 aromatic heterocycles. The number of amides is 1. The van der Waals surface area contributed by atoms with Crippen molar-refractivity contribution in [1.82, 2.24) is 20.1 Å². The van der Waals surface area contributed by atoms with Crippen LogP contribution in [-0.2, 0) is 4.79 Å². The maximum Gasteiger partial charge on any atom is 0.226 e. The molecule has 29 heavy (non-hydrogen) atoms. The average Bonchev–Trinajstić information content (AvgIpc) is 3.25. The summed E-state index contributed by atoms with van der Waals surface area (Å²) in [6.45, 7) is 1.85. The minimum Gasteiger partial charge on any atom is -0.493 e. The molecule has 7 nitrogen and oxygen atoms in total. The lowest BCUT2D eigenvalue weighted by Crippen LogP contribution is -2.39. The third-order valence-electron chi connectivity index (χ3n) is 5.27. The predicted octanol–water partition coefficient (Wildman–Crippen LogP) is 3.23. The summed E-state index contributed by atoms with van der Waals surface area (Å²) in [7, 11) is 0. The summed E-state index contributed by atoms with van der Waals surface area (Å²) in [4.78, 5) is 18.7. The zero-order valence-electron chi connectivity index (χ0n) is 16.3. The van der Waals surface area contributed by atoms with Crippen LogP contribution < -0.4 is 10.5 Å². The molecule has 1 aliphatic heterocycles. The minimum absolute atomic E-state index is 0.125. The van der Waals surface area contributed by atoms with Crippen LogP contribution in [0.2, 0.25) is 0 Å². The lowest BCUT2D eigenvalue weighted by molar-refractivity contribution is -0.132. The third kappa shape index (κ3) is 4.56. The van der Waals surface area contributed by atoms with Crippen molar-refractivity contribution < 1.29 is 9.53 Å². The standard InChI is InChI=1S/C22H25N5O2/c23-20-13-16(8-10-24-20)19-14-25-26-22(19)17-5-4-11-27(15-17)21(28)9-12-29-18-6-2-1-3-7-18/h1-3,6-8,10,13-14,17H,4-5,9,11-12,15H2,(H2,23,24)(H,25,26). The molecule has 1 aliphatic rings. The second kappa shape index (κ2) is 8.77. The van der Waals surface area contributed by atoms with E-state index in [1.165, 1.54) is 0 Å². The first kappa shape index (κ1) is 19.0. The predicted molar refractivity (Wildman–Crippen MR) is 111 cm³/mol. The molecule has 0 radical (unpaired) electrons. The van der Waals surface area contributed by atoms with E-state index in [9.17, 15) is 4.79 Å². The molecule has 0 aliphatic carbocycles. The second-order valence-electron chi connectivity index (χ2n) is 7.26. The van der Waals surface area contributed by atoms with Gasteiger partial charge in [-0.1, -0.05) is 18.2 Å². The zero-order valence-corrected chi connectivity index (χ0v) is 16.3. The number of aromatic amines is 1. The van der Waals surface area contributed by atoms with Crippen LogP contribution in [0.3, 0.4) is 0 Å². The van der Waals surface area contributed by atoms with E-state index in [2.05, 4.69) is 15.2 Å². The van der Waals surface area contributed by atoms with Crippen LogP contribution in [0.15, 0.2) is 54.9 Å². The number of ether oxygens (including phenoxy) is 1. The van der Waals surface area contributed by atoms with Crippen LogP contribution in [0.25, 0.3) is 11.1 Å². The summed E-state index contributed by atoms with van der Waals surface area (Å²) in [5.41, 5.74) is 8.89. The van der Waals surface area contributed by atoms with Gasteiger partial charge in [-0.15, -0.1) is 0 Å². The van der Waals surface area contributed by atoms with Gasteiger partial charge in [-0.25, -0.2) is 4.98 Å². The molecule has 0 bridgehead atoms. The van der Waals surface area contributed by atoms with Gasteiger partial charge < -0.3 is 15.4 Å².